The van der Waals surface area contributed by atoms with Gasteiger partial charge in [-0.3, -0.25) is 10.1 Å². The van der Waals surface area contributed by atoms with Gasteiger partial charge in [-0.2, -0.15) is 0 Å². The number of esters is 1. The summed E-state index contributed by atoms with van der Waals surface area (Å²) in [4.78, 5) is 22.0. The molecular weight excluding hydrogens is 321 g/mol. The molecule has 21 heavy (non-hydrogen) atoms. The Morgan fingerprint density at radius 3 is 2.43 bits per heavy atom. The standard InChI is InChI=1S/C13H15Cl2NO5/c1-13(2,3)21-5-4-20-12(17)9-6-8(16(18)19)7-10(14)11(9)15/h6-7H,4-5H2,1-3H3. The van der Waals surface area contributed by atoms with Gasteiger partial charge in [0.05, 0.1) is 32.7 Å². The SMILES string of the molecule is CC(C)(C)OCCOC(=O)c1cc([N+](=O)[O-])cc(Cl)c1Cl. The first-order valence-electron chi connectivity index (χ1n) is 6.06. The molecule has 0 radical (unpaired) electrons. The van der Waals surface area contributed by atoms with Crippen LogP contribution in [0.4, 0.5) is 5.69 Å². The Balaban J connectivity index is 2.76. The number of non-ortho nitro benzene ring substituents is 1. The van der Waals surface area contributed by atoms with Gasteiger partial charge in [0, 0.05) is 12.1 Å². The Labute approximate surface area is 132 Å². The Hall–Kier alpha value is -1.37. The van der Waals surface area contributed by atoms with Crippen LogP contribution in [0.2, 0.25) is 10.0 Å². The first kappa shape index (κ1) is 17.7. The number of benzene rings is 1. The monoisotopic (exact) mass is 335 g/mol. The van der Waals surface area contributed by atoms with Crippen LogP contribution in [0.25, 0.3) is 0 Å². The summed E-state index contributed by atoms with van der Waals surface area (Å²) in [5.74, 6) is -0.789. The molecular formula is C13H15Cl2NO5. The van der Waals surface area contributed by atoms with Crippen molar-refractivity contribution >= 4 is 34.9 Å². The zero-order valence-corrected chi connectivity index (χ0v) is 13.3. The highest BCUT2D eigenvalue weighted by Gasteiger charge is 2.20. The Kier molecular flexibility index (Phi) is 5.95. The van der Waals surface area contributed by atoms with E-state index in [0.29, 0.717) is 0 Å². The molecule has 0 bridgehead atoms. The van der Waals surface area contributed by atoms with Crippen LogP contribution in [-0.2, 0) is 9.47 Å². The summed E-state index contributed by atoms with van der Waals surface area (Å²) in [6.07, 6.45) is 0. The molecule has 1 aromatic carbocycles. The van der Waals surface area contributed by atoms with E-state index in [9.17, 15) is 14.9 Å². The van der Waals surface area contributed by atoms with Crippen LogP contribution in [0, 0.1) is 10.1 Å². The predicted octanol–water partition coefficient (Wildman–Crippen LogP) is 3.87. The van der Waals surface area contributed by atoms with E-state index in [2.05, 4.69) is 0 Å². The molecule has 0 atom stereocenters. The summed E-state index contributed by atoms with van der Waals surface area (Å²) < 4.78 is 10.4. The highest BCUT2D eigenvalue weighted by molar-refractivity contribution is 6.43. The molecule has 1 aromatic rings. The third-order valence-corrected chi connectivity index (χ3v) is 3.10. The quantitative estimate of drug-likeness (QED) is 0.353. The molecule has 8 heteroatoms. The average molecular weight is 336 g/mol. The lowest BCUT2D eigenvalue weighted by Gasteiger charge is -2.19. The minimum Gasteiger partial charge on any atom is -0.460 e. The molecule has 0 amide bonds. The van der Waals surface area contributed by atoms with E-state index in [1.54, 1.807) is 0 Å². The van der Waals surface area contributed by atoms with E-state index in [-0.39, 0.29) is 40.1 Å². The Morgan fingerprint density at radius 2 is 1.90 bits per heavy atom. The van der Waals surface area contributed by atoms with Gasteiger partial charge in [-0.1, -0.05) is 23.2 Å². The highest BCUT2D eigenvalue weighted by atomic mass is 35.5. The number of carbonyl (C=O) groups is 1. The summed E-state index contributed by atoms with van der Waals surface area (Å²) in [6, 6.07) is 2.10. The largest absolute Gasteiger partial charge is 0.460 e. The molecule has 0 fully saturated rings. The van der Waals surface area contributed by atoms with Crippen LogP contribution < -0.4 is 0 Å². The lowest BCUT2D eigenvalue weighted by atomic mass is 10.2. The first-order valence-corrected chi connectivity index (χ1v) is 6.82. The number of nitro benzene ring substituents is 1. The fourth-order valence-corrected chi connectivity index (χ4v) is 1.79. The average Bonchev–Trinajstić information content (AvgIpc) is 2.36. The lowest BCUT2D eigenvalue weighted by molar-refractivity contribution is -0.384. The summed E-state index contributed by atoms with van der Waals surface area (Å²) >= 11 is 11.6. The summed E-state index contributed by atoms with van der Waals surface area (Å²) in [6.45, 7) is 5.81. The van der Waals surface area contributed by atoms with Crippen LogP contribution in [0.3, 0.4) is 0 Å². The second kappa shape index (κ2) is 7.06. The number of halogens is 2. The number of rotatable bonds is 5. The highest BCUT2D eigenvalue weighted by Crippen LogP contribution is 2.31. The van der Waals surface area contributed by atoms with Crippen molar-refractivity contribution in [2.75, 3.05) is 13.2 Å². The molecule has 0 heterocycles. The smallest absolute Gasteiger partial charge is 0.340 e. The van der Waals surface area contributed by atoms with Crippen LogP contribution in [0.15, 0.2) is 12.1 Å². The van der Waals surface area contributed by atoms with Crippen molar-refractivity contribution in [1.29, 1.82) is 0 Å². The summed E-state index contributed by atoms with van der Waals surface area (Å²) in [7, 11) is 0. The molecule has 0 aromatic heterocycles. The van der Waals surface area contributed by atoms with Crippen molar-refractivity contribution in [2.24, 2.45) is 0 Å². The third kappa shape index (κ3) is 5.49. The van der Waals surface area contributed by atoms with E-state index in [1.807, 2.05) is 20.8 Å². The Morgan fingerprint density at radius 1 is 1.29 bits per heavy atom. The topological polar surface area (TPSA) is 78.7 Å². The second-order valence-electron chi connectivity index (χ2n) is 5.14. The number of nitro groups is 1. The predicted molar refractivity (Wildman–Crippen MR) is 79.1 cm³/mol. The van der Waals surface area contributed by atoms with Crippen molar-refractivity contribution < 1.29 is 19.2 Å². The van der Waals surface area contributed by atoms with Crippen molar-refractivity contribution in [3.8, 4) is 0 Å². The molecule has 116 valence electrons. The minimum atomic E-state index is -0.789. The van der Waals surface area contributed by atoms with Crippen LogP contribution in [0.1, 0.15) is 31.1 Å². The van der Waals surface area contributed by atoms with E-state index in [0.717, 1.165) is 12.1 Å². The van der Waals surface area contributed by atoms with E-state index >= 15 is 0 Å². The van der Waals surface area contributed by atoms with Gasteiger partial charge in [0.15, 0.2) is 0 Å². The van der Waals surface area contributed by atoms with E-state index in [4.69, 9.17) is 32.7 Å². The van der Waals surface area contributed by atoms with Gasteiger partial charge in [-0.15, -0.1) is 0 Å². The Bertz CT molecular complexity index is 554. The number of hydrogen-bond donors (Lipinski definition) is 0. The maximum absolute atomic E-state index is 11.9. The van der Waals surface area contributed by atoms with Gasteiger partial charge >= 0.3 is 5.97 Å². The molecule has 0 spiro atoms. The van der Waals surface area contributed by atoms with Crippen molar-refractivity contribution in [2.45, 2.75) is 26.4 Å². The first-order chi connectivity index (χ1) is 9.61. The molecule has 6 nitrogen and oxygen atoms in total. The van der Waals surface area contributed by atoms with Gasteiger partial charge < -0.3 is 9.47 Å². The minimum absolute atomic E-state index is 0.00669. The van der Waals surface area contributed by atoms with Crippen molar-refractivity contribution in [3.05, 3.63) is 37.9 Å². The van der Waals surface area contributed by atoms with E-state index < -0.39 is 10.9 Å². The molecule has 1 rings (SSSR count). The second-order valence-corrected chi connectivity index (χ2v) is 5.93. The summed E-state index contributed by atoms with van der Waals surface area (Å²) in [5.41, 5.74) is -0.826. The fraction of sp³-hybridized carbons (Fsp3) is 0.462. The molecule has 0 aliphatic carbocycles. The fourth-order valence-electron chi connectivity index (χ4n) is 1.39. The van der Waals surface area contributed by atoms with Gasteiger partial charge in [-0.05, 0) is 20.8 Å². The number of nitrogens with zero attached hydrogens (tertiary/aromatic N) is 1. The van der Waals surface area contributed by atoms with Crippen molar-refractivity contribution in [3.63, 3.8) is 0 Å². The van der Waals surface area contributed by atoms with Gasteiger partial charge in [0.25, 0.3) is 5.69 Å². The third-order valence-electron chi connectivity index (χ3n) is 2.30. The normalized spacial score (nSPS) is 11.3. The maximum atomic E-state index is 11.9. The summed E-state index contributed by atoms with van der Waals surface area (Å²) in [5, 5.41) is 10.6. The van der Waals surface area contributed by atoms with Gasteiger partial charge in [0.2, 0.25) is 0 Å². The van der Waals surface area contributed by atoms with Gasteiger partial charge in [0.1, 0.15) is 6.61 Å². The lowest BCUT2D eigenvalue weighted by Crippen LogP contribution is -2.22. The number of hydrogen-bond acceptors (Lipinski definition) is 5. The zero-order chi connectivity index (χ0) is 16.2. The maximum Gasteiger partial charge on any atom is 0.340 e. The van der Waals surface area contributed by atoms with Gasteiger partial charge in [-0.25, -0.2) is 4.79 Å². The zero-order valence-electron chi connectivity index (χ0n) is 11.8. The molecule has 0 N–H and O–H groups in total. The number of ether oxygens (including phenoxy) is 2. The van der Waals surface area contributed by atoms with Crippen LogP contribution in [0.5, 0.6) is 0 Å². The molecule has 0 unspecified atom stereocenters. The molecule has 0 saturated heterocycles. The van der Waals surface area contributed by atoms with Crippen LogP contribution in [-0.4, -0.2) is 29.7 Å². The molecule has 0 aliphatic rings. The molecule has 0 saturated carbocycles. The van der Waals surface area contributed by atoms with Crippen LogP contribution >= 0.6 is 23.2 Å². The number of carbonyl (C=O) groups excluding carboxylic acids is 1. The van der Waals surface area contributed by atoms with Crippen molar-refractivity contribution in [1.82, 2.24) is 0 Å². The van der Waals surface area contributed by atoms with E-state index in [1.165, 1.54) is 0 Å². The molecule has 0 aliphatic heterocycles.